The number of halogens is 1. The summed E-state index contributed by atoms with van der Waals surface area (Å²) in [5.74, 6) is 0.234. The van der Waals surface area contributed by atoms with Crippen LogP contribution in [0.2, 0.25) is 0 Å². The van der Waals surface area contributed by atoms with Crippen molar-refractivity contribution < 1.29 is 12.8 Å². The van der Waals surface area contributed by atoms with Crippen molar-refractivity contribution in [3.8, 4) is 11.5 Å². The lowest BCUT2D eigenvalue weighted by Gasteiger charge is -1.97. The van der Waals surface area contributed by atoms with E-state index in [1.54, 1.807) is 12.1 Å². The van der Waals surface area contributed by atoms with Crippen molar-refractivity contribution in [2.75, 3.05) is 9.93 Å². The fraction of sp³-hybridized carbons (Fsp3) is 0.111. The Morgan fingerprint density at radius 3 is 2.59 bits per heavy atom. The summed E-state index contributed by atoms with van der Waals surface area (Å²) < 4.78 is 29.5. The van der Waals surface area contributed by atoms with E-state index in [4.69, 9.17) is 16.0 Å². The van der Waals surface area contributed by atoms with Gasteiger partial charge in [-0.05, 0) is 12.1 Å². The molecule has 0 aliphatic rings. The molecule has 0 saturated carbocycles. The van der Waals surface area contributed by atoms with Gasteiger partial charge >= 0.3 is 6.01 Å². The highest BCUT2D eigenvalue weighted by atomic mass is 35.5. The maximum atomic E-state index is 11.1. The van der Waals surface area contributed by atoms with Gasteiger partial charge in [0.1, 0.15) is 5.21 Å². The minimum absolute atomic E-state index is 0.204. The van der Waals surface area contributed by atoms with Crippen LogP contribution in [0.5, 0.6) is 0 Å². The molecule has 0 unspecified atom stereocenters. The molecule has 0 saturated heterocycles. The average Bonchev–Trinajstić information content (AvgIpc) is 2.78. The van der Waals surface area contributed by atoms with E-state index in [1.165, 1.54) is 0 Å². The molecule has 0 fully saturated rings. The second-order valence-corrected chi connectivity index (χ2v) is 5.41. The number of alkyl halides is 1. The highest BCUT2D eigenvalue weighted by molar-refractivity contribution is 7.93. The molecule has 0 atom stereocenters. The summed E-state index contributed by atoms with van der Waals surface area (Å²) in [4.78, 5) is 0. The minimum atomic E-state index is -3.62. The summed E-state index contributed by atoms with van der Waals surface area (Å²) in [7, 11) is -3.62. The number of nitrogens with zero attached hydrogens (tertiary/aromatic N) is 2. The third kappa shape index (κ3) is 2.95. The Morgan fingerprint density at radius 1 is 1.24 bits per heavy atom. The van der Waals surface area contributed by atoms with Crippen LogP contribution >= 0.6 is 11.6 Å². The van der Waals surface area contributed by atoms with Gasteiger partial charge in [0.15, 0.2) is 0 Å². The Kier molecular flexibility index (Phi) is 3.30. The standard InChI is InChI=1S/C9H8ClN3O3S/c10-6-17(14,15)13-9-12-11-8(16-9)7-4-2-1-3-5-7/h1-5H,6H2,(H,12,13). The van der Waals surface area contributed by atoms with Gasteiger partial charge in [0.2, 0.25) is 15.9 Å². The highest BCUT2D eigenvalue weighted by Crippen LogP contribution is 2.19. The summed E-state index contributed by atoms with van der Waals surface area (Å²) in [5.41, 5.74) is 0.705. The van der Waals surface area contributed by atoms with Crippen molar-refractivity contribution in [3.05, 3.63) is 30.3 Å². The fourth-order valence-electron chi connectivity index (χ4n) is 1.12. The summed E-state index contributed by atoms with van der Waals surface area (Å²) in [6.45, 7) is 0. The van der Waals surface area contributed by atoms with Crippen LogP contribution in [0, 0.1) is 0 Å². The van der Waals surface area contributed by atoms with E-state index >= 15 is 0 Å². The molecule has 17 heavy (non-hydrogen) atoms. The Bertz CT molecular complexity index is 597. The molecular formula is C9H8ClN3O3S. The van der Waals surface area contributed by atoms with Gasteiger partial charge in [0.25, 0.3) is 0 Å². The first-order valence-electron chi connectivity index (χ1n) is 4.56. The SMILES string of the molecule is O=S(=O)(CCl)Nc1nnc(-c2ccccc2)o1. The number of sulfonamides is 1. The molecule has 8 heteroatoms. The van der Waals surface area contributed by atoms with Crippen LogP contribution in [0.3, 0.4) is 0 Å². The first-order chi connectivity index (χ1) is 8.11. The van der Waals surface area contributed by atoms with Crippen molar-refractivity contribution >= 4 is 27.6 Å². The predicted octanol–water partition coefficient (Wildman–Crippen LogP) is 1.67. The quantitative estimate of drug-likeness (QED) is 0.857. The molecular weight excluding hydrogens is 266 g/mol. The normalized spacial score (nSPS) is 11.4. The maximum absolute atomic E-state index is 11.1. The second kappa shape index (κ2) is 4.72. The highest BCUT2D eigenvalue weighted by Gasteiger charge is 2.14. The topological polar surface area (TPSA) is 85.1 Å². The van der Waals surface area contributed by atoms with Crippen LogP contribution in [0.1, 0.15) is 0 Å². The molecule has 0 spiro atoms. The lowest BCUT2D eigenvalue weighted by Crippen LogP contribution is -2.13. The molecule has 2 aromatic rings. The zero-order valence-electron chi connectivity index (χ0n) is 8.50. The smallest absolute Gasteiger partial charge is 0.329 e. The van der Waals surface area contributed by atoms with Crippen LogP contribution in [0.4, 0.5) is 6.01 Å². The lowest BCUT2D eigenvalue weighted by molar-refractivity contribution is 0.579. The molecule has 0 radical (unpaired) electrons. The first kappa shape index (κ1) is 11.9. The molecule has 1 aromatic carbocycles. The van der Waals surface area contributed by atoms with Crippen molar-refractivity contribution in [2.45, 2.75) is 0 Å². The average molecular weight is 274 g/mol. The molecule has 1 N–H and O–H groups in total. The van der Waals surface area contributed by atoms with Crippen molar-refractivity contribution in [1.82, 2.24) is 10.2 Å². The van der Waals surface area contributed by atoms with Crippen molar-refractivity contribution in [2.24, 2.45) is 0 Å². The Hall–Kier alpha value is -1.60. The van der Waals surface area contributed by atoms with Crippen molar-refractivity contribution in [1.29, 1.82) is 0 Å². The molecule has 6 nitrogen and oxygen atoms in total. The number of aromatic nitrogens is 2. The van der Waals surface area contributed by atoms with E-state index in [1.807, 2.05) is 18.2 Å². The maximum Gasteiger partial charge on any atom is 0.329 e. The van der Waals surface area contributed by atoms with Gasteiger partial charge in [-0.2, -0.15) is 0 Å². The summed E-state index contributed by atoms with van der Waals surface area (Å²) in [6.07, 6.45) is 0. The van der Waals surface area contributed by atoms with Gasteiger partial charge in [-0.15, -0.1) is 16.7 Å². The van der Waals surface area contributed by atoms with Gasteiger partial charge in [-0.3, -0.25) is 0 Å². The molecule has 2 rings (SSSR count). The number of benzene rings is 1. The molecule has 0 amide bonds. The molecule has 0 aliphatic heterocycles. The van der Waals surface area contributed by atoms with Crippen LogP contribution in [0.15, 0.2) is 34.7 Å². The largest absolute Gasteiger partial charge is 0.403 e. The van der Waals surface area contributed by atoms with Gasteiger partial charge in [0, 0.05) is 5.56 Å². The zero-order valence-corrected chi connectivity index (χ0v) is 10.1. The number of nitrogens with one attached hydrogen (secondary N) is 1. The first-order valence-corrected chi connectivity index (χ1v) is 6.75. The van der Waals surface area contributed by atoms with Crippen LogP contribution in [-0.2, 0) is 10.0 Å². The Balaban J connectivity index is 2.23. The Morgan fingerprint density at radius 2 is 1.94 bits per heavy atom. The van der Waals surface area contributed by atoms with Crippen LogP contribution < -0.4 is 4.72 Å². The summed E-state index contributed by atoms with van der Waals surface area (Å²) >= 11 is 5.23. The van der Waals surface area contributed by atoms with Gasteiger partial charge < -0.3 is 4.42 Å². The number of hydrogen-bond acceptors (Lipinski definition) is 5. The summed E-state index contributed by atoms with van der Waals surface area (Å²) in [6, 6.07) is 8.80. The van der Waals surface area contributed by atoms with E-state index in [9.17, 15) is 8.42 Å². The van der Waals surface area contributed by atoms with E-state index in [2.05, 4.69) is 14.9 Å². The van der Waals surface area contributed by atoms with Crippen molar-refractivity contribution in [3.63, 3.8) is 0 Å². The molecule has 0 bridgehead atoms. The molecule has 1 heterocycles. The minimum Gasteiger partial charge on any atom is -0.403 e. The lowest BCUT2D eigenvalue weighted by atomic mass is 10.2. The van der Waals surface area contributed by atoms with Gasteiger partial charge in [0.05, 0.1) is 0 Å². The summed E-state index contributed by atoms with van der Waals surface area (Å²) in [5, 5.41) is 6.70. The monoisotopic (exact) mass is 273 g/mol. The predicted molar refractivity (Wildman–Crippen MR) is 63.0 cm³/mol. The van der Waals surface area contributed by atoms with E-state index < -0.39 is 15.2 Å². The van der Waals surface area contributed by atoms with E-state index in [0.29, 0.717) is 5.56 Å². The fourth-order valence-corrected chi connectivity index (χ4v) is 1.69. The van der Waals surface area contributed by atoms with Crippen LogP contribution in [-0.4, -0.2) is 23.8 Å². The third-order valence-electron chi connectivity index (χ3n) is 1.83. The number of rotatable bonds is 4. The second-order valence-electron chi connectivity index (χ2n) is 3.10. The molecule has 90 valence electrons. The van der Waals surface area contributed by atoms with Crippen LogP contribution in [0.25, 0.3) is 11.5 Å². The Labute approximate surface area is 103 Å². The van der Waals surface area contributed by atoms with E-state index in [-0.39, 0.29) is 11.9 Å². The molecule has 1 aromatic heterocycles. The molecule has 0 aliphatic carbocycles. The van der Waals surface area contributed by atoms with Gasteiger partial charge in [-0.1, -0.05) is 23.3 Å². The zero-order chi connectivity index (χ0) is 12.3. The number of hydrogen-bond donors (Lipinski definition) is 1. The van der Waals surface area contributed by atoms with E-state index in [0.717, 1.165) is 0 Å². The third-order valence-corrected chi connectivity index (χ3v) is 3.47. The number of anilines is 1. The van der Waals surface area contributed by atoms with Gasteiger partial charge in [-0.25, -0.2) is 13.1 Å².